The molecule has 0 spiro atoms. The Morgan fingerprint density at radius 2 is 1.57 bits per heavy atom. The third-order valence-corrected chi connectivity index (χ3v) is 7.38. The molecule has 4 aromatic carbocycles. The van der Waals surface area contributed by atoms with Crippen LogP contribution in [0.3, 0.4) is 0 Å². The summed E-state index contributed by atoms with van der Waals surface area (Å²) in [6.07, 6.45) is -9.68. The number of carbonyl (C=O) groups is 2. The molecule has 0 saturated carbocycles. The fourth-order valence-electron chi connectivity index (χ4n) is 5.43. The number of nitrogens with zero attached hydrogens (tertiary/aromatic N) is 1. The van der Waals surface area contributed by atoms with Crippen LogP contribution < -0.4 is 25.4 Å². The SMILES string of the molecule is NC(=O)C(c1cccc(C(F)(F)F)c1)C1(COc2ccccc2)Nc2cc(C(=O)O)ccc2N1Cc1ccc(OC(F)(F)F)cc1. The molecular weight excluding hydrogens is 620 g/mol. The average Bonchev–Trinajstić information content (AvgIpc) is 3.29. The van der Waals surface area contributed by atoms with Crippen molar-refractivity contribution in [3.05, 3.63) is 119 Å². The Kier molecular flexibility index (Phi) is 8.48. The van der Waals surface area contributed by atoms with Crippen molar-refractivity contribution in [1.29, 1.82) is 0 Å². The Balaban J connectivity index is 1.68. The first-order valence-corrected chi connectivity index (χ1v) is 13.6. The molecule has 46 heavy (non-hydrogen) atoms. The summed E-state index contributed by atoms with van der Waals surface area (Å²) in [5.41, 5.74) is 3.82. The van der Waals surface area contributed by atoms with Gasteiger partial charge in [0.2, 0.25) is 5.91 Å². The first-order chi connectivity index (χ1) is 21.7. The van der Waals surface area contributed by atoms with E-state index in [1.165, 1.54) is 36.4 Å². The predicted octanol–water partition coefficient (Wildman–Crippen LogP) is 6.78. The number of carboxylic acid groups (broad SMARTS) is 1. The third kappa shape index (κ3) is 6.80. The van der Waals surface area contributed by atoms with E-state index in [0.29, 0.717) is 17.0 Å². The number of halogens is 6. The highest BCUT2D eigenvalue weighted by molar-refractivity contribution is 5.94. The van der Waals surface area contributed by atoms with Gasteiger partial charge in [0.15, 0.2) is 5.66 Å². The zero-order valence-corrected chi connectivity index (χ0v) is 23.6. The molecule has 0 fully saturated rings. The molecule has 14 heteroatoms. The molecule has 2 unspecified atom stereocenters. The van der Waals surface area contributed by atoms with Crippen molar-refractivity contribution in [2.24, 2.45) is 5.73 Å². The number of ether oxygens (including phenoxy) is 2. The molecule has 8 nitrogen and oxygen atoms in total. The second kappa shape index (κ2) is 12.2. The molecule has 1 aliphatic rings. The molecule has 0 saturated heterocycles. The molecule has 1 aliphatic heterocycles. The number of aromatic carboxylic acids is 1. The van der Waals surface area contributed by atoms with Crippen molar-refractivity contribution in [2.45, 2.75) is 30.7 Å². The van der Waals surface area contributed by atoms with Crippen LogP contribution >= 0.6 is 0 Å². The maximum atomic E-state index is 13.8. The van der Waals surface area contributed by atoms with Gasteiger partial charge in [0.25, 0.3) is 0 Å². The summed E-state index contributed by atoms with van der Waals surface area (Å²) >= 11 is 0. The Labute approximate surface area is 258 Å². The summed E-state index contributed by atoms with van der Waals surface area (Å²) in [6.45, 7) is -0.549. The lowest BCUT2D eigenvalue weighted by molar-refractivity contribution is -0.274. The zero-order valence-electron chi connectivity index (χ0n) is 23.6. The zero-order chi connectivity index (χ0) is 33.3. The monoisotopic (exact) mass is 645 g/mol. The van der Waals surface area contributed by atoms with E-state index in [0.717, 1.165) is 30.3 Å². The summed E-state index contributed by atoms with van der Waals surface area (Å²) in [7, 11) is 0. The standard InChI is InChI=1S/C32H25F6N3O5/c33-31(34,35)22-6-4-5-20(15-22)27(28(39)42)30(18-45-23-7-2-1-3-8-23)40-25-16-21(29(43)44)11-14-26(25)41(30)17-19-9-12-24(13-10-19)46-32(36,37)38/h1-16,27,40H,17-18H2,(H2,39,42)(H,43,44). The normalized spacial score (nSPS) is 16.7. The predicted molar refractivity (Wildman–Crippen MR) is 154 cm³/mol. The lowest BCUT2D eigenvalue weighted by atomic mass is 9.83. The Bertz CT molecular complexity index is 1730. The topological polar surface area (TPSA) is 114 Å². The van der Waals surface area contributed by atoms with E-state index in [2.05, 4.69) is 10.1 Å². The summed E-state index contributed by atoms with van der Waals surface area (Å²) in [6, 6.07) is 21.3. The number of benzene rings is 4. The molecule has 1 amide bonds. The maximum absolute atomic E-state index is 13.8. The molecule has 1 heterocycles. The van der Waals surface area contributed by atoms with Crippen LogP contribution in [0.4, 0.5) is 37.7 Å². The van der Waals surface area contributed by atoms with Crippen molar-refractivity contribution >= 4 is 23.3 Å². The number of hydrogen-bond acceptors (Lipinski definition) is 6. The number of nitrogens with two attached hydrogens (primary N) is 1. The smallest absolute Gasteiger partial charge is 0.489 e. The second-order valence-electron chi connectivity index (χ2n) is 10.4. The molecule has 4 aromatic rings. The van der Waals surface area contributed by atoms with Gasteiger partial charge >= 0.3 is 18.5 Å². The van der Waals surface area contributed by atoms with Gasteiger partial charge in [0, 0.05) is 6.54 Å². The number of nitrogens with one attached hydrogen (secondary N) is 1. The summed E-state index contributed by atoms with van der Waals surface area (Å²) in [5, 5.41) is 12.8. The van der Waals surface area contributed by atoms with Crippen LogP contribution in [0.2, 0.25) is 0 Å². The fourth-order valence-corrected chi connectivity index (χ4v) is 5.43. The van der Waals surface area contributed by atoms with E-state index in [9.17, 15) is 41.0 Å². The van der Waals surface area contributed by atoms with Crippen LogP contribution in [0, 0.1) is 0 Å². The van der Waals surface area contributed by atoms with E-state index in [1.807, 2.05) is 0 Å². The van der Waals surface area contributed by atoms with Gasteiger partial charge < -0.3 is 30.5 Å². The van der Waals surface area contributed by atoms with Crippen molar-refractivity contribution in [3.63, 3.8) is 0 Å². The Hall–Kier alpha value is -5.40. The van der Waals surface area contributed by atoms with E-state index in [-0.39, 0.29) is 23.4 Å². The van der Waals surface area contributed by atoms with E-state index in [4.69, 9.17) is 10.5 Å². The first-order valence-electron chi connectivity index (χ1n) is 13.6. The van der Waals surface area contributed by atoms with Crippen LogP contribution in [0.25, 0.3) is 0 Å². The van der Waals surface area contributed by atoms with E-state index >= 15 is 0 Å². The van der Waals surface area contributed by atoms with Crippen molar-refractivity contribution < 1.29 is 50.5 Å². The number of primary amides is 1. The van der Waals surface area contributed by atoms with Gasteiger partial charge in [-0.25, -0.2) is 4.79 Å². The average molecular weight is 646 g/mol. The summed E-state index contributed by atoms with van der Waals surface area (Å²) in [4.78, 5) is 26.8. The lowest BCUT2D eigenvalue weighted by Crippen LogP contribution is -2.61. The Morgan fingerprint density at radius 3 is 2.17 bits per heavy atom. The maximum Gasteiger partial charge on any atom is 0.573 e. The van der Waals surface area contributed by atoms with Crippen LogP contribution in [0.1, 0.15) is 33.0 Å². The molecule has 0 aliphatic carbocycles. The molecule has 0 bridgehead atoms. The largest absolute Gasteiger partial charge is 0.573 e. The second-order valence-corrected chi connectivity index (χ2v) is 10.4. The van der Waals surface area contributed by atoms with E-state index in [1.54, 1.807) is 35.2 Å². The lowest BCUT2D eigenvalue weighted by Gasteiger charge is -2.44. The van der Waals surface area contributed by atoms with Crippen molar-refractivity contribution in [2.75, 3.05) is 16.8 Å². The van der Waals surface area contributed by atoms with Crippen LogP contribution in [-0.2, 0) is 17.5 Å². The minimum atomic E-state index is -4.93. The Morgan fingerprint density at radius 1 is 0.870 bits per heavy atom. The highest BCUT2D eigenvalue weighted by Crippen LogP contribution is 2.48. The molecule has 4 N–H and O–H groups in total. The van der Waals surface area contributed by atoms with Crippen molar-refractivity contribution in [3.8, 4) is 11.5 Å². The van der Waals surface area contributed by atoms with Crippen molar-refractivity contribution in [1.82, 2.24) is 0 Å². The highest BCUT2D eigenvalue weighted by Gasteiger charge is 2.54. The van der Waals surface area contributed by atoms with E-state index < -0.39 is 53.9 Å². The number of para-hydroxylation sites is 1. The van der Waals surface area contributed by atoms with Gasteiger partial charge in [0.05, 0.1) is 22.5 Å². The fraction of sp³-hybridized carbons (Fsp3) is 0.188. The quantitative estimate of drug-likeness (QED) is 0.163. The number of amides is 1. The van der Waals surface area contributed by atoms with Gasteiger partial charge in [-0.15, -0.1) is 13.2 Å². The number of fused-ring (bicyclic) bond motifs is 1. The molecule has 5 rings (SSSR count). The van der Waals surface area contributed by atoms with Gasteiger partial charge in [-0.2, -0.15) is 13.2 Å². The summed E-state index contributed by atoms with van der Waals surface area (Å²) < 4.78 is 89.8. The number of anilines is 2. The summed E-state index contributed by atoms with van der Waals surface area (Å²) in [5.74, 6) is -3.99. The molecule has 0 radical (unpaired) electrons. The number of alkyl halides is 6. The van der Waals surface area contributed by atoms with Crippen LogP contribution in [-0.4, -0.2) is 35.6 Å². The van der Waals surface area contributed by atoms with Gasteiger partial charge in [-0.1, -0.05) is 48.5 Å². The number of rotatable bonds is 10. The van der Waals surface area contributed by atoms with Gasteiger partial charge in [-0.05, 0) is 59.7 Å². The van der Waals surface area contributed by atoms with Gasteiger partial charge in [-0.3, -0.25) is 4.79 Å². The molecular formula is C32H25F6N3O5. The number of hydrogen-bond donors (Lipinski definition) is 3. The van der Waals surface area contributed by atoms with Crippen LogP contribution in [0.5, 0.6) is 11.5 Å². The minimum Gasteiger partial charge on any atom is -0.489 e. The van der Waals surface area contributed by atoms with Gasteiger partial charge in [0.1, 0.15) is 24.0 Å². The minimum absolute atomic E-state index is 0.114. The third-order valence-electron chi connectivity index (χ3n) is 7.38. The molecule has 0 aromatic heterocycles. The van der Waals surface area contributed by atoms with Crippen LogP contribution in [0.15, 0.2) is 97.1 Å². The first kappa shape index (κ1) is 32.0. The molecule has 2 atom stereocenters. The number of carboxylic acids is 1. The number of carbonyl (C=O) groups excluding carboxylic acids is 1. The highest BCUT2D eigenvalue weighted by atomic mass is 19.4. The molecule has 240 valence electrons.